The minimum Gasteiger partial charge on any atom is -0.454 e. The summed E-state index contributed by atoms with van der Waals surface area (Å²) in [5.41, 5.74) is 0.786. The highest BCUT2D eigenvalue weighted by Crippen LogP contribution is 2.33. The Hall–Kier alpha value is -2.77. The summed E-state index contributed by atoms with van der Waals surface area (Å²) in [5, 5.41) is 2.71. The summed E-state index contributed by atoms with van der Waals surface area (Å²) in [6.07, 6.45) is 5.00. The van der Waals surface area contributed by atoms with Crippen LogP contribution in [0.2, 0.25) is 0 Å². The third kappa shape index (κ3) is 3.90. The van der Waals surface area contributed by atoms with Gasteiger partial charge in [-0.25, -0.2) is 4.79 Å². The molecule has 1 atom stereocenters. The van der Waals surface area contributed by atoms with Crippen LogP contribution in [0.4, 0.5) is 4.79 Å². The highest BCUT2D eigenvalue weighted by atomic mass is 16.7. The fraction of sp³-hybridized carbons (Fsp3) is 0.550. The molecule has 1 unspecified atom stereocenters. The Labute approximate surface area is 163 Å². The van der Waals surface area contributed by atoms with Gasteiger partial charge in [-0.3, -0.25) is 14.5 Å². The van der Waals surface area contributed by atoms with E-state index in [0.717, 1.165) is 44.3 Å². The lowest BCUT2D eigenvalue weighted by Crippen LogP contribution is -2.35. The molecule has 1 aromatic carbocycles. The second-order valence-corrected chi connectivity index (χ2v) is 7.45. The lowest BCUT2D eigenvalue weighted by atomic mass is 10.1. The number of hydrogen-bond donors (Lipinski definition) is 1. The number of likely N-dealkylation sites (tertiary alicyclic amines) is 1. The van der Waals surface area contributed by atoms with Crippen LogP contribution in [0.5, 0.6) is 11.5 Å². The molecule has 3 aliphatic heterocycles. The number of ether oxygens (including phenoxy) is 2. The fourth-order valence-corrected chi connectivity index (χ4v) is 3.89. The number of nitrogens with zero attached hydrogens (tertiary/aromatic N) is 2. The lowest BCUT2D eigenvalue weighted by molar-refractivity contribution is -0.131. The molecule has 1 N–H and O–H groups in total. The molecule has 28 heavy (non-hydrogen) atoms. The maximum atomic E-state index is 12.7. The molecule has 4 rings (SSSR count). The van der Waals surface area contributed by atoms with Crippen LogP contribution in [-0.2, 0) is 16.1 Å². The molecule has 150 valence electrons. The number of nitrogens with one attached hydrogen (secondary N) is 1. The van der Waals surface area contributed by atoms with E-state index in [0.29, 0.717) is 17.9 Å². The van der Waals surface area contributed by atoms with E-state index < -0.39 is 12.1 Å². The highest BCUT2D eigenvalue weighted by molar-refractivity contribution is 6.04. The van der Waals surface area contributed by atoms with Crippen molar-refractivity contribution in [2.45, 2.75) is 51.1 Å². The van der Waals surface area contributed by atoms with Crippen molar-refractivity contribution in [3.63, 3.8) is 0 Å². The predicted molar refractivity (Wildman–Crippen MR) is 99.7 cm³/mol. The lowest BCUT2D eigenvalue weighted by Gasteiger charge is -2.20. The third-order valence-electron chi connectivity index (χ3n) is 5.49. The van der Waals surface area contributed by atoms with E-state index in [-0.39, 0.29) is 31.6 Å². The zero-order valence-corrected chi connectivity index (χ0v) is 15.8. The van der Waals surface area contributed by atoms with E-state index in [1.54, 1.807) is 12.1 Å². The second kappa shape index (κ2) is 8.08. The number of rotatable bonds is 5. The smallest absolute Gasteiger partial charge is 0.325 e. The molecule has 0 aliphatic carbocycles. The minimum absolute atomic E-state index is 0.0677. The maximum absolute atomic E-state index is 12.7. The molecule has 2 saturated heterocycles. The molecule has 2 fully saturated rings. The normalized spacial score (nSPS) is 21.6. The Morgan fingerprint density at radius 3 is 2.61 bits per heavy atom. The van der Waals surface area contributed by atoms with Gasteiger partial charge in [0, 0.05) is 19.5 Å². The first-order chi connectivity index (χ1) is 13.6. The van der Waals surface area contributed by atoms with Crippen LogP contribution in [0.3, 0.4) is 0 Å². The minimum atomic E-state index is -0.641. The summed E-state index contributed by atoms with van der Waals surface area (Å²) in [7, 11) is 0. The molecule has 0 radical (unpaired) electrons. The van der Waals surface area contributed by atoms with Crippen LogP contribution in [0.15, 0.2) is 18.2 Å². The number of urea groups is 1. The maximum Gasteiger partial charge on any atom is 0.325 e. The molecule has 4 amide bonds. The first-order valence-corrected chi connectivity index (χ1v) is 9.90. The summed E-state index contributed by atoms with van der Waals surface area (Å²) in [6, 6.07) is 4.30. The van der Waals surface area contributed by atoms with Crippen molar-refractivity contribution in [2.24, 2.45) is 0 Å². The van der Waals surface area contributed by atoms with Gasteiger partial charge < -0.3 is 19.7 Å². The van der Waals surface area contributed by atoms with Gasteiger partial charge in [0.15, 0.2) is 11.5 Å². The largest absolute Gasteiger partial charge is 0.454 e. The predicted octanol–water partition coefficient (Wildman–Crippen LogP) is 2.02. The van der Waals surface area contributed by atoms with Crippen molar-refractivity contribution in [1.82, 2.24) is 15.1 Å². The number of carbonyl (C=O) groups is 3. The molecule has 0 spiro atoms. The van der Waals surface area contributed by atoms with Gasteiger partial charge in [-0.2, -0.15) is 0 Å². The molecular weight excluding hydrogens is 362 g/mol. The van der Waals surface area contributed by atoms with E-state index >= 15 is 0 Å². The van der Waals surface area contributed by atoms with Gasteiger partial charge in [0.05, 0.1) is 6.54 Å². The summed E-state index contributed by atoms with van der Waals surface area (Å²) < 4.78 is 10.6. The van der Waals surface area contributed by atoms with Crippen LogP contribution in [0.25, 0.3) is 0 Å². The van der Waals surface area contributed by atoms with E-state index in [4.69, 9.17) is 9.47 Å². The SMILES string of the molecule is O=C(CCC1NC(=O)N(Cc2ccc3c(c2)OCO3)C1=O)N1CCCCCC1. The Balaban J connectivity index is 1.32. The topological polar surface area (TPSA) is 88.2 Å². The number of fused-ring (bicyclic) bond motifs is 1. The van der Waals surface area contributed by atoms with Crippen molar-refractivity contribution >= 4 is 17.8 Å². The zero-order valence-electron chi connectivity index (χ0n) is 15.8. The van der Waals surface area contributed by atoms with Crippen molar-refractivity contribution in [3.8, 4) is 11.5 Å². The van der Waals surface area contributed by atoms with Crippen molar-refractivity contribution in [3.05, 3.63) is 23.8 Å². The van der Waals surface area contributed by atoms with Crippen LogP contribution < -0.4 is 14.8 Å². The van der Waals surface area contributed by atoms with Crippen LogP contribution in [-0.4, -0.2) is 53.6 Å². The van der Waals surface area contributed by atoms with Gasteiger partial charge in [-0.15, -0.1) is 0 Å². The third-order valence-corrected chi connectivity index (χ3v) is 5.49. The Kier molecular flexibility index (Phi) is 5.36. The van der Waals surface area contributed by atoms with Crippen molar-refractivity contribution < 1.29 is 23.9 Å². The summed E-state index contributed by atoms with van der Waals surface area (Å²) in [6.45, 7) is 1.92. The van der Waals surface area contributed by atoms with Gasteiger partial charge >= 0.3 is 6.03 Å². The quantitative estimate of drug-likeness (QED) is 0.781. The van der Waals surface area contributed by atoms with Crippen molar-refractivity contribution in [2.75, 3.05) is 19.9 Å². The fourth-order valence-electron chi connectivity index (χ4n) is 3.89. The highest BCUT2D eigenvalue weighted by Gasteiger charge is 2.38. The molecule has 0 aromatic heterocycles. The van der Waals surface area contributed by atoms with Gasteiger partial charge in [-0.05, 0) is 37.0 Å². The van der Waals surface area contributed by atoms with Gasteiger partial charge in [0.25, 0.3) is 5.91 Å². The van der Waals surface area contributed by atoms with E-state index in [1.807, 2.05) is 11.0 Å². The molecule has 0 bridgehead atoms. The Morgan fingerprint density at radius 2 is 1.82 bits per heavy atom. The average molecular weight is 387 g/mol. The molecule has 8 nitrogen and oxygen atoms in total. The Morgan fingerprint density at radius 1 is 1.07 bits per heavy atom. The van der Waals surface area contributed by atoms with E-state index in [1.165, 1.54) is 4.90 Å². The van der Waals surface area contributed by atoms with Gasteiger partial charge in [-0.1, -0.05) is 18.9 Å². The molecule has 8 heteroatoms. The summed E-state index contributed by atoms with van der Waals surface area (Å²) >= 11 is 0. The van der Waals surface area contributed by atoms with Gasteiger partial charge in [0.2, 0.25) is 12.7 Å². The number of hydrogen-bond acceptors (Lipinski definition) is 5. The number of benzene rings is 1. The van der Waals surface area contributed by atoms with Crippen LogP contribution in [0.1, 0.15) is 44.1 Å². The number of amides is 4. The zero-order chi connectivity index (χ0) is 19.5. The first-order valence-electron chi connectivity index (χ1n) is 9.90. The average Bonchev–Trinajstić information content (AvgIpc) is 3.13. The van der Waals surface area contributed by atoms with Crippen LogP contribution in [0, 0.1) is 0 Å². The second-order valence-electron chi connectivity index (χ2n) is 7.45. The van der Waals surface area contributed by atoms with E-state index in [9.17, 15) is 14.4 Å². The van der Waals surface area contributed by atoms with Crippen LogP contribution >= 0.6 is 0 Å². The van der Waals surface area contributed by atoms with Crippen molar-refractivity contribution in [1.29, 1.82) is 0 Å². The standard InChI is InChI=1S/C20H25N3O5/c24-18(22-9-3-1-2-4-10-22)8-6-15-19(25)23(20(26)21-15)12-14-5-7-16-17(11-14)28-13-27-16/h5,7,11,15H,1-4,6,8-10,12-13H2,(H,21,26). The molecule has 0 saturated carbocycles. The molecule has 3 heterocycles. The first kappa shape index (κ1) is 18.6. The molecular formula is C20H25N3O5. The summed E-state index contributed by atoms with van der Waals surface area (Å²) in [4.78, 5) is 40.4. The van der Waals surface area contributed by atoms with Gasteiger partial charge in [0.1, 0.15) is 6.04 Å². The number of imide groups is 1. The molecule has 1 aromatic rings. The molecule has 3 aliphatic rings. The summed E-state index contributed by atoms with van der Waals surface area (Å²) in [5.74, 6) is 1.06. The Bertz CT molecular complexity index is 773. The monoisotopic (exact) mass is 387 g/mol. The number of carbonyl (C=O) groups excluding carboxylic acids is 3. The van der Waals surface area contributed by atoms with E-state index in [2.05, 4.69) is 5.32 Å².